The monoisotopic (exact) mass is 196 g/mol. The van der Waals surface area contributed by atoms with E-state index in [0.29, 0.717) is 0 Å². The van der Waals surface area contributed by atoms with Crippen molar-refractivity contribution in [3.05, 3.63) is 17.6 Å². The molecule has 0 spiro atoms. The van der Waals surface area contributed by atoms with Crippen LogP contribution in [0.2, 0.25) is 0 Å². The van der Waals surface area contributed by atoms with Crippen LogP contribution >= 0.6 is 0 Å². The summed E-state index contributed by atoms with van der Waals surface area (Å²) in [6, 6.07) is 3.14. The number of hydrogen-bond donors (Lipinski definition) is 0. The number of pyridine rings is 1. The minimum atomic E-state index is -0.616. The molecule has 0 saturated heterocycles. The largest absolute Gasteiger partial charge is 0.493 e. The lowest BCUT2D eigenvalue weighted by Crippen LogP contribution is -2.00. The molecule has 0 bridgehead atoms. The van der Waals surface area contributed by atoms with Crippen LogP contribution in [0.5, 0.6) is 11.6 Å². The zero-order valence-corrected chi connectivity index (χ0v) is 7.87. The van der Waals surface area contributed by atoms with Gasteiger partial charge < -0.3 is 9.47 Å². The Morgan fingerprint density at radius 3 is 2.71 bits per heavy atom. The number of hydrogen-bond acceptors (Lipinski definition) is 4. The number of halogens is 1. The van der Waals surface area contributed by atoms with Gasteiger partial charge in [-0.15, -0.1) is 0 Å². The predicted molar refractivity (Wildman–Crippen MR) is 46.6 cm³/mol. The molecule has 0 atom stereocenters. The first-order chi connectivity index (χ1) is 6.72. The van der Waals surface area contributed by atoms with E-state index in [9.17, 15) is 4.39 Å². The Bertz CT molecular complexity index is 374. The van der Waals surface area contributed by atoms with Crippen molar-refractivity contribution < 1.29 is 13.9 Å². The third-order valence-corrected chi connectivity index (χ3v) is 1.64. The number of aromatic nitrogens is 1. The van der Waals surface area contributed by atoms with Crippen LogP contribution in [0, 0.1) is 17.1 Å². The van der Waals surface area contributed by atoms with Gasteiger partial charge in [0.15, 0.2) is 11.6 Å². The molecular weight excluding hydrogens is 187 g/mol. The van der Waals surface area contributed by atoms with Crippen LogP contribution < -0.4 is 9.47 Å². The van der Waals surface area contributed by atoms with E-state index < -0.39 is 5.82 Å². The Hall–Kier alpha value is -1.83. The topological polar surface area (TPSA) is 55.1 Å². The van der Waals surface area contributed by atoms with Crippen molar-refractivity contribution in [3.8, 4) is 17.7 Å². The van der Waals surface area contributed by atoms with Crippen molar-refractivity contribution in [2.75, 3.05) is 14.2 Å². The number of rotatable bonds is 3. The fraction of sp³-hybridized carbons (Fsp3) is 0.333. The minimum Gasteiger partial charge on any atom is -0.493 e. The molecule has 0 aliphatic heterocycles. The third kappa shape index (κ3) is 1.91. The van der Waals surface area contributed by atoms with Crippen LogP contribution in [0.3, 0.4) is 0 Å². The van der Waals surface area contributed by atoms with Crippen molar-refractivity contribution in [1.29, 1.82) is 5.26 Å². The first-order valence-electron chi connectivity index (χ1n) is 3.87. The second-order valence-electron chi connectivity index (χ2n) is 2.46. The molecule has 0 amide bonds. The highest BCUT2D eigenvalue weighted by Crippen LogP contribution is 2.24. The molecule has 0 N–H and O–H groups in total. The molecule has 0 saturated carbocycles. The molecule has 0 fully saturated rings. The van der Waals surface area contributed by atoms with E-state index in [1.165, 1.54) is 20.3 Å². The van der Waals surface area contributed by atoms with Crippen LogP contribution in [0.4, 0.5) is 4.39 Å². The summed E-state index contributed by atoms with van der Waals surface area (Å²) < 4.78 is 23.0. The van der Waals surface area contributed by atoms with Crippen molar-refractivity contribution in [2.24, 2.45) is 0 Å². The summed E-state index contributed by atoms with van der Waals surface area (Å²) in [7, 11) is 2.75. The van der Waals surface area contributed by atoms with Gasteiger partial charge in [-0.3, -0.25) is 0 Å². The molecule has 1 heterocycles. The van der Waals surface area contributed by atoms with E-state index in [-0.39, 0.29) is 23.7 Å². The normalized spacial score (nSPS) is 9.29. The second kappa shape index (κ2) is 4.42. The Kier molecular flexibility index (Phi) is 3.24. The Morgan fingerprint density at radius 2 is 2.21 bits per heavy atom. The molecule has 0 aliphatic rings. The molecule has 4 nitrogen and oxygen atoms in total. The molecule has 0 radical (unpaired) electrons. The van der Waals surface area contributed by atoms with Crippen LogP contribution in [0.1, 0.15) is 5.69 Å². The molecule has 14 heavy (non-hydrogen) atoms. The van der Waals surface area contributed by atoms with Gasteiger partial charge in [-0.2, -0.15) is 5.26 Å². The van der Waals surface area contributed by atoms with E-state index in [0.717, 1.165) is 0 Å². The second-order valence-corrected chi connectivity index (χ2v) is 2.46. The van der Waals surface area contributed by atoms with Crippen LogP contribution in [0.25, 0.3) is 0 Å². The fourth-order valence-corrected chi connectivity index (χ4v) is 0.977. The van der Waals surface area contributed by atoms with Crippen molar-refractivity contribution in [2.45, 2.75) is 6.42 Å². The predicted octanol–water partition coefficient (Wildman–Crippen LogP) is 1.30. The van der Waals surface area contributed by atoms with Gasteiger partial charge in [-0.25, -0.2) is 9.37 Å². The summed E-state index contributed by atoms with van der Waals surface area (Å²) in [6.45, 7) is 0. The van der Waals surface area contributed by atoms with Crippen molar-refractivity contribution in [3.63, 3.8) is 0 Å². The van der Waals surface area contributed by atoms with Gasteiger partial charge >= 0.3 is 0 Å². The number of methoxy groups -OCH3 is 2. The minimum absolute atomic E-state index is 0.0297. The summed E-state index contributed by atoms with van der Waals surface area (Å²) >= 11 is 0. The lowest BCUT2D eigenvalue weighted by molar-refractivity contribution is 0.361. The lowest BCUT2D eigenvalue weighted by atomic mass is 10.2. The van der Waals surface area contributed by atoms with E-state index in [4.69, 9.17) is 14.7 Å². The molecule has 0 aliphatic carbocycles. The molecule has 1 rings (SSSR count). The number of nitrogens with zero attached hydrogens (tertiary/aromatic N) is 2. The highest BCUT2D eigenvalue weighted by molar-refractivity contribution is 5.33. The third-order valence-electron chi connectivity index (χ3n) is 1.64. The van der Waals surface area contributed by atoms with E-state index in [1.54, 1.807) is 0 Å². The zero-order valence-electron chi connectivity index (χ0n) is 7.87. The van der Waals surface area contributed by atoms with Gasteiger partial charge in [0, 0.05) is 6.07 Å². The van der Waals surface area contributed by atoms with E-state index in [1.807, 2.05) is 6.07 Å². The van der Waals surface area contributed by atoms with Gasteiger partial charge in [0.05, 0.1) is 32.4 Å². The van der Waals surface area contributed by atoms with E-state index >= 15 is 0 Å². The molecule has 0 aromatic carbocycles. The van der Waals surface area contributed by atoms with Gasteiger partial charge in [-0.1, -0.05) is 0 Å². The first kappa shape index (κ1) is 10.3. The summed E-state index contributed by atoms with van der Waals surface area (Å²) in [5.74, 6) is -0.356. The molecule has 1 aromatic heterocycles. The Balaban J connectivity index is 3.21. The summed E-state index contributed by atoms with van der Waals surface area (Å²) in [4.78, 5) is 3.79. The highest BCUT2D eigenvalue weighted by Gasteiger charge is 2.12. The maximum Gasteiger partial charge on any atom is 0.217 e. The van der Waals surface area contributed by atoms with Gasteiger partial charge in [0.2, 0.25) is 5.88 Å². The van der Waals surface area contributed by atoms with Crippen LogP contribution in [-0.4, -0.2) is 19.2 Å². The van der Waals surface area contributed by atoms with Crippen molar-refractivity contribution in [1.82, 2.24) is 4.98 Å². The van der Waals surface area contributed by atoms with Crippen LogP contribution in [-0.2, 0) is 6.42 Å². The average Bonchev–Trinajstić information content (AvgIpc) is 2.21. The maximum atomic E-state index is 13.4. The van der Waals surface area contributed by atoms with Crippen LogP contribution in [0.15, 0.2) is 6.07 Å². The van der Waals surface area contributed by atoms with Gasteiger partial charge in [0.1, 0.15) is 0 Å². The van der Waals surface area contributed by atoms with Crippen molar-refractivity contribution >= 4 is 0 Å². The first-order valence-corrected chi connectivity index (χ1v) is 3.87. The molecular formula is C9H9FN2O2. The number of ether oxygens (including phenoxy) is 2. The lowest BCUT2D eigenvalue weighted by Gasteiger charge is -2.07. The summed E-state index contributed by atoms with van der Waals surface area (Å²) in [5.41, 5.74) is 0.0312. The average molecular weight is 196 g/mol. The Morgan fingerprint density at radius 1 is 1.50 bits per heavy atom. The maximum absolute atomic E-state index is 13.4. The fourth-order valence-electron chi connectivity index (χ4n) is 0.977. The molecule has 74 valence electrons. The number of nitriles is 1. The smallest absolute Gasteiger partial charge is 0.217 e. The standard InChI is InChI=1S/C9H9FN2O2/c1-13-7-5-8(14-2)12-6(3-4-11)9(7)10/h5H,3H2,1-2H3. The highest BCUT2D eigenvalue weighted by atomic mass is 19.1. The van der Waals surface area contributed by atoms with E-state index in [2.05, 4.69) is 4.98 Å². The Labute approximate surface area is 80.9 Å². The summed E-state index contributed by atoms with van der Waals surface area (Å²) in [5, 5.41) is 8.43. The molecule has 5 heteroatoms. The summed E-state index contributed by atoms with van der Waals surface area (Å²) in [6.07, 6.45) is -0.112. The molecule has 0 unspecified atom stereocenters. The van der Waals surface area contributed by atoms with Gasteiger partial charge in [0.25, 0.3) is 0 Å². The van der Waals surface area contributed by atoms with Gasteiger partial charge in [-0.05, 0) is 0 Å². The quantitative estimate of drug-likeness (QED) is 0.731. The SMILES string of the molecule is COc1cc(OC)c(F)c(CC#N)n1. The molecule has 1 aromatic rings. The zero-order chi connectivity index (χ0) is 10.6.